The Labute approximate surface area is 136 Å². The number of likely N-dealkylation sites (tertiary alicyclic amines) is 2. The Bertz CT molecular complexity index is 466. The van der Waals surface area contributed by atoms with Crippen LogP contribution in [0.5, 0.6) is 0 Å². The van der Waals surface area contributed by atoms with Gasteiger partial charge >= 0.3 is 0 Å². The van der Waals surface area contributed by atoms with Crippen molar-refractivity contribution < 1.29 is 0 Å². The van der Waals surface area contributed by atoms with E-state index in [-0.39, 0.29) is 0 Å². The molecule has 0 aromatic heterocycles. The molecule has 0 saturated carbocycles. The lowest BCUT2D eigenvalue weighted by molar-refractivity contribution is 0.0529. The zero-order valence-corrected chi connectivity index (χ0v) is 14.6. The zero-order valence-electron chi connectivity index (χ0n) is 14.6. The minimum absolute atomic E-state index is 0.832. The van der Waals surface area contributed by atoms with E-state index in [1.807, 2.05) is 0 Å². The molecule has 2 aliphatic heterocycles. The lowest BCUT2D eigenvalue weighted by Gasteiger charge is -2.43. The van der Waals surface area contributed by atoms with E-state index in [1.165, 1.54) is 56.6 Å². The van der Waals surface area contributed by atoms with E-state index in [4.69, 9.17) is 0 Å². The number of hydrogen-bond donors (Lipinski definition) is 0. The Balaban J connectivity index is 1.51. The van der Waals surface area contributed by atoms with E-state index in [0.29, 0.717) is 0 Å². The summed E-state index contributed by atoms with van der Waals surface area (Å²) in [5.41, 5.74) is 2.93. The molecule has 2 heterocycles. The van der Waals surface area contributed by atoms with Gasteiger partial charge in [0, 0.05) is 25.7 Å². The molecule has 2 unspecified atom stereocenters. The second-order valence-corrected chi connectivity index (χ2v) is 7.83. The Morgan fingerprint density at radius 1 is 1.00 bits per heavy atom. The first-order chi connectivity index (χ1) is 10.6. The van der Waals surface area contributed by atoms with Crippen LogP contribution in [0.4, 0.5) is 0 Å². The fourth-order valence-electron chi connectivity index (χ4n) is 4.48. The van der Waals surface area contributed by atoms with E-state index >= 15 is 0 Å². The number of hydrogen-bond acceptors (Lipinski definition) is 2. The third kappa shape index (κ3) is 3.91. The van der Waals surface area contributed by atoms with Gasteiger partial charge < -0.3 is 0 Å². The van der Waals surface area contributed by atoms with Crippen LogP contribution in [0.1, 0.15) is 44.2 Å². The van der Waals surface area contributed by atoms with Crippen molar-refractivity contribution in [3.8, 4) is 0 Å². The maximum atomic E-state index is 2.80. The van der Waals surface area contributed by atoms with Crippen molar-refractivity contribution in [2.24, 2.45) is 11.8 Å². The molecule has 0 aliphatic carbocycles. The normalized spacial score (nSPS) is 28.9. The smallest absolute Gasteiger partial charge is 0.0236 e. The Hall–Kier alpha value is -0.860. The molecule has 2 saturated heterocycles. The Kier molecular flexibility index (Phi) is 5.20. The molecule has 0 amide bonds. The van der Waals surface area contributed by atoms with Crippen LogP contribution in [0, 0.1) is 18.8 Å². The highest BCUT2D eigenvalue weighted by molar-refractivity contribution is 5.25. The second kappa shape index (κ2) is 7.14. The maximum absolute atomic E-state index is 2.80. The highest BCUT2D eigenvalue weighted by atomic mass is 15.2. The molecule has 122 valence electrons. The summed E-state index contributed by atoms with van der Waals surface area (Å²) in [4.78, 5) is 5.44. The van der Waals surface area contributed by atoms with Crippen molar-refractivity contribution in [2.75, 3.05) is 26.2 Å². The largest absolute Gasteiger partial charge is 0.300 e. The van der Waals surface area contributed by atoms with Crippen LogP contribution in [-0.2, 0) is 6.54 Å². The minimum Gasteiger partial charge on any atom is -0.300 e. The average Bonchev–Trinajstić information content (AvgIpc) is 2.49. The van der Waals surface area contributed by atoms with Gasteiger partial charge in [-0.1, -0.05) is 38.1 Å². The van der Waals surface area contributed by atoms with Crippen molar-refractivity contribution in [3.63, 3.8) is 0 Å². The molecule has 22 heavy (non-hydrogen) atoms. The highest BCUT2D eigenvalue weighted by Gasteiger charge is 2.29. The average molecular weight is 300 g/mol. The predicted molar refractivity (Wildman–Crippen MR) is 94.0 cm³/mol. The molecule has 3 rings (SSSR count). The molecule has 0 radical (unpaired) electrons. The summed E-state index contributed by atoms with van der Waals surface area (Å²) in [7, 11) is 0. The van der Waals surface area contributed by atoms with Gasteiger partial charge in [0.2, 0.25) is 0 Å². The number of piperidine rings is 2. The summed E-state index contributed by atoms with van der Waals surface area (Å²) < 4.78 is 0. The van der Waals surface area contributed by atoms with Crippen LogP contribution in [0.25, 0.3) is 0 Å². The fraction of sp³-hybridized carbons (Fsp3) is 0.700. The number of rotatable bonds is 3. The van der Waals surface area contributed by atoms with Crippen LogP contribution in [0.2, 0.25) is 0 Å². The predicted octanol–water partition coefficient (Wildman–Crippen LogP) is 3.94. The highest BCUT2D eigenvalue weighted by Crippen LogP contribution is 2.27. The first kappa shape index (κ1) is 16.0. The molecule has 0 N–H and O–H groups in total. The number of aryl methyl sites for hydroxylation is 1. The van der Waals surface area contributed by atoms with Gasteiger partial charge in [0.05, 0.1) is 0 Å². The third-order valence-corrected chi connectivity index (χ3v) is 5.63. The molecule has 2 aliphatic rings. The maximum Gasteiger partial charge on any atom is 0.0236 e. The molecule has 1 aromatic carbocycles. The van der Waals surface area contributed by atoms with E-state index in [0.717, 1.165) is 24.4 Å². The monoisotopic (exact) mass is 300 g/mol. The van der Waals surface area contributed by atoms with Crippen LogP contribution in [0.15, 0.2) is 24.3 Å². The molecule has 2 heteroatoms. The molecule has 0 spiro atoms. The van der Waals surface area contributed by atoms with Crippen molar-refractivity contribution in [2.45, 2.75) is 52.6 Å². The summed E-state index contributed by atoms with van der Waals surface area (Å²) in [6.45, 7) is 13.4. The molecule has 2 nitrogen and oxygen atoms in total. The van der Waals surface area contributed by atoms with Crippen LogP contribution >= 0.6 is 0 Å². The van der Waals surface area contributed by atoms with Gasteiger partial charge in [-0.05, 0) is 62.2 Å². The molecule has 2 atom stereocenters. The molecular weight excluding hydrogens is 268 g/mol. The van der Waals surface area contributed by atoms with Crippen molar-refractivity contribution in [1.29, 1.82) is 0 Å². The summed E-state index contributed by atoms with van der Waals surface area (Å²) in [5.74, 6) is 1.77. The van der Waals surface area contributed by atoms with E-state index < -0.39 is 0 Å². The Morgan fingerprint density at radius 2 is 1.64 bits per heavy atom. The summed E-state index contributed by atoms with van der Waals surface area (Å²) in [6.07, 6.45) is 4.12. The first-order valence-corrected chi connectivity index (χ1v) is 9.12. The van der Waals surface area contributed by atoms with E-state index in [9.17, 15) is 0 Å². The fourth-order valence-corrected chi connectivity index (χ4v) is 4.48. The Morgan fingerprint density at radius 3 is 2.27 bits per heavy atom. The standard InChI is InChI=1S/C20H32N2/c1-16-12-17(2)14-22(13-16)20-8-10-21(11-9-20)15-19-7-5-4-6-18(19)3/h4-7,16-17,20H,8-15H2,1-3H3. The van der Waals surface area contributed by atoms with Crippen LogP contribution < -0.4 is 0 Å². The lowest BCUT2D eigenvalue weighted by atomic mass is 9.89. The van der Waals surface area contributed by atoms with Crippen molar-refractivity contribution >= 4 is 0 Å². The number of nitrogens with zero attached hydrogens (tertiary/aromatic N) is 2. The van der Waals surface area contributed by atoms with Gasteiger partial charge in [-0.3, -0.25) is 9.80 Å². The van der Waals surface area contributed by atoms with Gasteiger partial charge in [-0.2, -0.15) is 0 Å². The van der Waals surface area contributed by atoms with E-state index in [1.54, 1.807) is 0 Å². The van der Waals surface area contributed by atoms with Gasteiger partial charge in [0.15, 0.2) is 0 Å². The second-order valence-electron chi connectivity index (χ2n) is 7.83. The molecular formula is C20H32N2. The SMILES string of the molecule is Cc1ccccc1CN1CCC(N2CC(C)CC(C)C2)CC1. The lowest BCUT2D eigenvalue weighted by Crippen LogP contribution is -2.49. The van der Waals surface area contributed by atoms with Gasteiger partial charge in [0.1, 0.15) is 0 Å². The van der Waals surface area contributed by atoms with Crippen molar-refractivity contribution in [3.05, 3.63) is 35.4 Å². The van der Waals surface area contributed by atoms with Crippen molar-refractivity contribution in [1.82, 2.24) is 9.80 Å². The quantitative estimate of drug-likeness (QED) is 0.834. The van der Waals surface area contributed by atoms with Crippen LogP contribution in [-0.4, -0.2) is 42.0 Å². The van der Waals surface area contributed by atoms with Gasteiger partial charge in [-0.25, -0.2) is 0 Å². The summed E-state index contributed by atoms with van der Waals surface area (Å²) in [6, 6.07) is 9.67. The summed E-state index contributed by atoms with van der Waals surface area (Å²) >= 11 is 0. The van der Waals surface area contributed by atoms with Crippen LogP contribution in [0.3, 0.4) is 0 Å². The minimum atomic E-state index is 0.832. The molecule has 2 fully saturated rings. The van der Waals surface area contributed by atoms with Gasteiger partial charge in [0.25, 0.3) is 0 Å². The number of benzene rings is 1. The molecule has 0 bridgehead atoms. The van der Waals surface area contributed by atoms with E-state index in [2.05, 4.69) is 54.8 Å². The third-order valence-electron chi connectivity index (χ3n) is 5.63. The first-order valence-electron chi connectivity index (χ1n) is 9.12. The topological polar surface area (TPSA) is 6.48 Å². The molecule has 1 aromatic rings. The zero-order chi connectivity index (χ0) is 15.5. The summed E-state index contributed by atoms with van der Waals surface area (Å²) in [5, 5.41) is 0. The van der Waals surface area contributed by atoms with Gasteiger partial charge in [-0.15, -0.1) is 0 Å².